The van der Waals surface area contributed by atoms with Gasteiger partial charge in [-0.25, -0.2) is 9.97 Å². The van der Waals surface area contributed by atoms with Gasteiger partial charge in [0.15, 0.2) is 0 Å². The third-order valence-corrected chi connectivity index (χ3v) is 4.28. The maximum Gasteiger partial charge on any atom is 0.0896 e. The fourth-order valence-corrected chi connectivity index (χ4v) is 3.03. The van der Waals surface area contributed by atoms with Gasteiger partial charge in [0.05, 0.1) is 22.4 Å². The first kappa shape index (κ1) is 13.9. The SMILES string of the molecule is Cc1ccc2nc(-c3cc(C)c4cc(C)ccc4n3)ccc2c1. The topological polar surface area (TPSA) is 25.8 Å². The van der Waals surface area contributed by atoms with Crippen molar-refractivity contribution in [3.8, 4) is 11.4 Å². The molecule has 0 saturated carbocycles. The van der Waals surface area contributed by atoms with E-state index in [-0.39, 0.29) is 0 Å². The van der Waals surface area contributed by atoms with E-state index in [9.17, 15) is 0 Å². The summed E-state index contributed by atoms with van der Waals surface area (Å²) in [5.74, 6) is 0. The molecule has 0 amide bonds. The van der Waals surface area contributed by atoms with Crippen LogP contribution in [0.4, 0.5) is 0 Å². The van der Waals surface area contributed by atoms with Crippen LogP contribution in [0.5, 0.6) is 0 Å². The highest BCUT2D eigenvalue weighted by molar-refractivity contribution is 5.86. The van der Waals surface area contributed by atoms with Crippen LogP contribution >= 0.6 is 0 Å². The molecule has 0 aliphatic carbocycles. The minimum atomic E-state index is 0.923. The molecule has 4 rings (SSSR count). The summed E-state index contributed by atoms with van der Waals surface area (Å²) in [5.41, 5.74) is 7.64. The van der Waals surface area contributed by atoms with Crippen molar-refractivity contribution in [3.63, 3.8) is 0 Å². The van der Waals surface area contributed by atoms with Crippen molar-refractivity contribution in [2.24, 2.45) is 0 Å². The molecule has 0 bridgehead atoms. The predicted octanol–water partition coefficient (Wildman–Crippen LogP) is 5.38. The maximum absolute atomic E-state index is 4.81. The van der Waals surface area contributed by atoms with Crippen LogP contribution in [0.25, 0.3) is 33.2 Å². The van der Waals surface area contributed by atoms with Gasteiger partial charge >= 0.3 is 0 Å². The first-order valence-corrected chi connectivity index (χ1v) is 7.86. The molecule has 0 radical (unpaired) electrons. The van der Waals surface area contributed by atoms with E-state index in [4.69, 9.17) is 9.97 Å². The van der Waals surface area contributed by atoms with Crippen LogP contribution in [-0.2, 0) is 0 Å². The van der Waals surface area contributed by atoms with Crippen LogP contribution in [0, 0.1) is 20.8 Å². The lowest BCUT2D eigenvalue weighted by Gasteiger charge is -2.08. The van der Waals surface area contributed by atoms with E-state index in [0.717, 1.165) is 22.4 Å². The molecule has 0 fully saturated rings. The first-order valence-electron chi connectivity index (χ1n) is 7.86. The Hall–Kier alpha value is -2.74. The first-order chi connectivity index (χ1) is 11.1. The summed E-state index contributed by atoms with van der Waals surface area (Å²) in [6, 6.07) is 19.0. The fourth-order valence-electron chi connectivity index (χ4n) is 3.03. The number of aromatic nitrogens is 2. The van der Waals surface area contributed by atoms with E-state index in [2.05, 4.69) is 75.4 Å². The number of hydrogen-bond donors (Lipinski definition) is 0. The van der Waals surface area contributed by atoms with Crippen molar-refractivity contribution in [1.29, 1.82) is 0 Å². The zero-order chi connectivity index (χ0) is 16.0. The average molecular weight is 298 g/mol. The molecule has 2 aromatic heterocycles. The van der Waals surface area contributed by atoms with E-state index >= 15 is 0 Å². The van der Waals surface area contributed by atoms with Crippen LogP contribution in [0.2, 0.25) is 0 Å². The highest BCUT2D eigenvalue weighted by Gasteiger charge is 2.07. The summed E-state index contributed by atoms with van der Waals surface area (Å²) in [7, 11) is 0. The molecule has 0 aliphatic rings. The molecule has 2 heteroatoms. The quantitative estimate of drug-likeness (QED) is 0.472. The molecule has 0 atom stereocenters. The third kappa shape index (κ3) is 2.46. The van der Waals surface area contributed by atoms with Crippen molar-refractivity contribution in [2.45, 2.75) is 20.8 Å². The monoisotopic (exact) mass is 298 g/mol. The van der Waals surface area contributed by atoms with E-state index in [1.54, 1.807) is 0 Å². The molecule has 0 aliphatic heterocycles. The Morgan fingerprint density at radius 3 is 2.13 bits per heavy atom. The van der Waals surface area contributed by atoms with Gasteiger partial charge < -0.3 is 0 Å². The zero-order valence-electron chi connectivity index (χ0n) is 13.6. The molecule has 0 spiro atoms. The lowest BCUT2D eigenvalue weighted by atomic mass is 10.0. The lowest BCUT2D eigenvalue weighted by molar-refractivity contribution is 1.29. The van der Waals surface area contributed by atoms with Gasteiger partial charge in [0.25, 0.3) is 0 Å². The number of benzene rings is 2. The summed E-state index contributed by atoms with van der Waals surface area (Å²) >= 11 is 0. The van der Waals surface area contributed by atoms with Crippen LogP contribution in [-0.4, -0.2) is 9.97 Å². The minimum Gasteiger partial charge on any atom is -0.246 e. The smallest absolute Gasteiger partial charge is 0.0896 e. The van der Waals surface area contributed by atoms with Gasteiger partial charge in [-0.05, 0) is 62.7 Å². The maximum atomic E-state index is 4.81. The molecule has 2 nitrogen and oxygen atoms in total. The number of fused-ring (bicyclic) bond motifs is 2. The Labute approximate surface area is 135 Å². The Bertz CT molecular complexity index is 1050. The number of hydrogen-bond acceptors (Lipinski definition) is 2. The van der Waals surface area contributed by atoms with Crippen LogP contribution in [0.1, 0.15) is 16.7 Å². The summed E-state index contributed by atoms with van der Waals surface area (Å²) in [5, 5.41) is 2.38. The van der Waals surface area contributed by atoms with Gasteiger partial charge in [-0.1, -0.05) is 29.3 Å². The summed E-state index contributed by atoms with van der Waals surface area (Å²) in [6.45, 7) is 6.35. The van der Waals surface area contributed by atoms with Gasteiger partial charge in [-0.2, -0.15) is 0 Å². The average Bonchev–Trinajstić information content (AvgIpc) is 2.55. The molecule has 0 unspecified atom stereocenters. The molecule has 2 aromatic carbocycles. The van der Waals surface area contributed by atoms with Crippen molar-refractivity contribution < 1.29 is 0 Å². The standard InChI is InChI=1S/C21H18N2/c1-13-4-7-18-16(10-13)6-9-20(22-18)21-12-15(3)17-11-14(2)5-8-19(17)23-21/h4-12H,1-3H3. The van der Waals surface area contributed by atoms with Crippen LogP contribution in [0.3, 0.4) is 0 Å². The Morgan fingerprint density at radius 1 is 0.609 bits per heavy atom. The molecule has 4 aromatic rings. The van der Waals surface area contributed by atoms with Gasteiger partial charge in [0.2, 0.25) is 0 Å². The molecular weight excluding hydrogens is 280 g/mol. The second-order valence-electron chi connectivity index (χ2n) is 6.24. The molecule has 23 heavy (non-hydrogen) atoms. The highest BCUT2D eigenvalue weighted by atomic mass is 14.8. The molecule has 0 N–H and O–H groups in total. The zero-order valence-corrected chi connectivity index (χ0v) is 13.6. The van der Waals surface area contributed by atoms with E-state index in [0.29, 0.717) is 0 Å². The Balaban J connectivity index is 1.91. The fraction of sp³-hybridized carbons (Fsp3) is 0.143. The summed E-state index contributed by atoms with van der Waals surface area (Å²) < 4.78 is 0. The highest BCUT2D eigenvalue weighted by Crippen LogP contribution is 2.25. The molecule has 2 heterocycles. The summed E-state index contributed by atoms with van der Waals surface area (Å²) in [4.78, 5) is 9.60. The minimum absolute atomic E-state index is 0.923. The van der Waals surface area contributed by atoms with Gasteiger partial charge in [0, 0.05) is 10.8 Å². The summed E-state index contributed by atoms with van der Waals surface area (Å²) in [6.07, 6.45) is 0. The Kier molecular flexibility index (Phi) is 3.12. The predicted molar refractivity (Wildman–Crippen MR) is 96.7 cm³/mol. The number of pyridine rings is 2. The Morgan fingerprint density at radius 2 is 1.30 bits per heavy atom. The van der Waals surface area contributed by atoms with E-state index in [1.807, 2.05) is 0 Å². The van der Waals surface area contributed by atoms with Crippen LogP contribution < -0.4 is 0 Å². The van der Waals surface area contributed by atoms with Crippen molar-refractivity contribution in [1.82, 2.24) is 9.97 Å². The molecule has 112 valence electrons. The molecule has 0 saturated heterocycles. The van der Waals surface area contributed by atoms with Crippen molar-refractivity contribution in [3.05, 3.63) is 71.3 Å². The van der Waals surface area contributed by atoms with Gasteiger partial charge in [-0.15, -0.1) is 0 Å². The van der Waals surface area contributed by atoms with Crippen LogP contribution in [0.15, 0.2) is 54.6 Å². The van der Waals surface area contributed by atoms with Crippen molar-refractivity contribution in [2.75, 3.05) is 0 Å². The number of rotatable bonds is 1. The van der Waals surface area contributed by atoms with Crippen molar-refractivity contribution >= 4 is 21.8 Å². The lowest BCUT2D eigenvalue weighted by Crippen LogP contribution is -1.92. The van der Waals surface area contributed by atoms with Gasteiger partial charge in [0.1, 0.15) is 0 Å². The third-order valence-electron chi connectivity index (χ3n) is 4.28. The molecular formula is C21H18N2. The second kappa shape index (κ2) is 5.17. The normalized spacial score (nSPS) is 11.3. The van der Waals surface area contributed by atoms with Gasteiger partial charge in [-0.3, -0.25) is 0 Å². The number of aryl methyl sites for hydroxylation is 3. The van der Waals surface area contributed by atoms with E-state index < -0.39 is 0 Å². The van der Waals surface area contributed by atoms with E-state index in [1.165, 1.54) is 27.5 Å². The largest absolute Gasteiger partial charge is 0.246 e. The second-order valence-corrected chi connectivity index (χ2v) is 6.24. The number of nitrogens with zero attached hydrogens (tertiary/aromatic N) is 2.